The van der Waals surface area contributed by atoms with E-state index < -0.39 is 10.0 Å². The van der Waals surface area contributed by atoms with Crippen LogP contribution in [0.25, 0.3) is 11.3 Å². The Kier molecular flexibility index (Phi) is 4.45. The molecular formula is C18H24N4O2S2. The smallest absolute Gasteiger partial charge is 0.232 e. The zero-order chi connectivity index (χ0) is 18.5. The predicted molar refractivity (Wildman–Crippen MR) is 108 cm³/mol. The number of benzene rings is 1. The molecular weight excluding hydrogens is 368 g/mol. The average molecular weight is 393 g/mol. The van der Waals surface area contributed by atoms with Crippen LogP contribution in [0.5, 0.6) is 0 Å². The number of anilines is 2. The van der Waals surface area contributed by atoms with Gasteiger partial charge in [0.1, 0.15) is 0 Å². The molecule has 3 heterocycles. The minimum Gasteiger partial charge on any atom is -0.346 e. The molecule has 140 valence electrons. The maximum Gasteiger partial charge on any atom is 0.232 e. The number of aromatic nitrogens is 1. The fraction of sp³-hybridized carbons (Fsp3) is 0.500. The van der Waals surface area contributed by atoms with Gasteiger partial charge in [-0.3, -0.25) is 4.31 Å². The van der Waals surface area contributed by atoms with E-state index in [1.807, 2.05) is 19.1 Å². The Morgan fingerprint density at radius 3 is 2.62 bits per heavy atom. The first kappa shape index (κ1) is 17.8. The highest BCUT2D eigenvalue weighted by atomic mass is 32.2. The summed E-state index contributed by atoms with van der Waals surface area (Å²) < 4.78 is 25.7. The standard InChI is InChI=1S/C18H24N4O2S2/c1-13-10-15-11-14(4-5-17(15)22(13)26(3,23)24)16-12-25-18(19-16)21-8-6-20(2)7-9-21/h4-5,11-13H,6-10H2,1-3H3/t13-/m0/s1. The highest BCUT2D eigenvalue weighted by Gasteiger charge is 2.32. The normalized spacial score (nSPS) is 21.3. The molecule has 1 fully saturated rings. The van der Waals surface area contributed by atoms with Gasteiger partial charge in [0.15, 0.2) is 5.13 Å². The van der Waals surface area contributed by atoms with Crippen molar-refractivity contribution in [2.45, 2.75) is 19.4 Å². The maximum atomic E-state index is 12.1. The minimum atomic E-state index is -3.25. The summed E-state index contributed by atoms with van der Waals surface area (Å²) in [6, 6.07) is 5.97. The SMILES string of the molecule is C[C@H]1Cc2cc(-c3csc(N4CCN(C)CC4)n3)ccc2N1S(C)(=O)=O. The highest BCUT2D eigenvalue weighted by Crippen LogP contribution is 2.37. The second-order valence-corrected chi connectivity index (χ2v) is 9.96. The summed E-state index contributed by atoms with van der Waals surface area (Å²) in [7, 11) is -1.10. The molecule has 0 amide bonds. The van der Waals surface area contributed by atoms with Gasteiger partial charge in [-0.15, -0.1) is 11.3 Å². The van der Waals surface area contributed by atoms with Crippen LogP contribution in [-0.4, -0.2) is 63.8 Å². The molecule has 4 rings (SSSR count). The average Bonchev–Trinajstić information content (AvgIpc) is 3.17. The number of sulfonamides is 1. The van der Waals surface area contributed by atoms with E-state index in [-0.39, 0.29) is 6.04 Å². The first-order valence-corrected chi connectivity index (χ1v) is 11.6. The van der Waals surface area contributed by atoms with Crippen molar-refractivity contribution in [1.29, 1.82) is 0 Å². The van der Waals surface area contributed by atoms with E-state index in [1.54, 1.807) is 11.3 Å². The molecule has 6 nitrogen and oxygen atoms in total. The fourth-order valence-corrected chi connectivity index (χ4v) is 5.96. The van der Waals surface area contributed by atoms with Gasteiger partial charge in [0, 0.05) is 43.2 Å². The first-order valence-electron chi connectivity index (χ1n) is 8.84. The molecule has 0 saturated carbocycles. The monoisotopic (exact) mass is 392 g/mol. The summed E-state index contributed by atoms with van der Waals surface area (Å²) >= 11 is 1.68. The van der Waals surface area contributed by atoms with Crippen molar-refractivity contribution >= 4 is 32.2 Å². The zero-order valence-corrected chi connectivity index (χ0v) is 17.0. The lowest BCUT2D eigenvalue weighted by Crippen LogP contribution is -2.44. The maximum absolute atomic E-state index is 12.1. The molecule has 1 aromatic heterocycles. The van der Waals surface area contributed by atoms with Gasteiger partial charge < -0.3 is 9.80 Å². The molecule has 0 bridgehead atoms. The molecule has 0 N–H and O–H groups in total. The molecule has 0 radical (unpaired) electrons. The number of hydrogen-bond donors (Lipinski definition) is 0. The first-order chi connectivity index (χ1) is 12.3. The molecule has 2 aliphatic rings. The Bertz CT molecular complexity index is 917. The molecule has 2 aromatic rings. The number of thiazole rings is 1. The molecule has 26 heavy (non-hydrogen) atoms. The van der Waals surface area contributed by atoms with Crippen LogP contribution in [0.15, 0.2) is 23.6 Å². The van der Waals surface area contributed by atoms with Crippen LogP contribution in [0, 0.1) is 0 Å². The molecule has 0 aliphatic carbocycles. The van der Waals surface area contributed by atoms with Crippen LogP contribution >= 0.6 is 11.3 Å². The number of rotatable bonds is 3. The van der Waals surface area contributed by atoms with Crippen LogP contribution in [0.4, 0.5) is 10.8 Å². The second-order valence-electron chi connectivity index (χ2n) is 7.26. The van der Waals surface area contributed by atoms with Gasteiger partial charge in [-0.05, 0) is 38.1 Å². The number of hydrogen-bond acceptors (Lipinski definition) is 6. The van der Waals surface area contributed by atoms with Crippen molar-refractivity contribution in [2.75, 3.05) is 48.7 Å². The third-order valence-corrected chi connectivity index (χ3v) is 7.32. The van der Waals surface area contributed by atoms with Gasteiger partial charge >= 0.3 is 0 Å². The van der Waals surface area contributed by atoms with Crippen molar-refractivity contribution in [3.63, 3.8) is 0 Å². The van der Waals surface area contributed by atoms with Crippen molar-refractivity contribution in [3.05, 3.63) is 29.1 Å². The third-order valence-electron chi connectivity index (χ3n) is 5.15. The van der Waals surface area contributed by atoms with Crippen LogP contribution in [-0.2, 0) is 16.4 Å². The van der Waals surface area contributed by atoms with E-state index in [1.165, 1.54) is 10.6 Å². The Hall–Kier alpha value is -1.64. The van der Waals surface area contributed by atoms with Crippen molar-refractivity contribution < 1.29 is 8.42 Å². The van der Waals surface area contributed by atoms with Gasteiger partial charge in [0.2, 0.25) is 10.0 Å². The number of nitrogens with zero attached hydrogens (tertiary/aromatic N) is 4. The second kappa shape index (κ2) is 6.51. The number of fused-ring (bicyclic) bond motifs is 1. The van der Waals surface area contributed by atoms with Gasteiger partial charge in [-0.25, -0.2) is 13.4 Å². The summed E-state index contributed by atoms with van der Waals surface area (Å²) in [6.07, 6.45) is 2.01. The molecule has 2 aliphatic heterocycles. The third kappa shape index (κ3) is 3.21. The molecule has 0 spiro atoms. The van der Waals surface area contributed by atoms with E-state index in [0.717, 1.165) is 60.2 Å². The quantitative estimate of drug-likeness (QED) is 0.802. The van der Waals surface area contributed by atoms with E-state index in [0.29, 0.717) is 0 Å². The van der Waals surface area contributed by atoms with Crippen LogP contribution in [0.2, 0.25) is 0 Å². The van der Waals surface area contributed by atoms with Gasteiger partial charge in [0.25, 0.3) is 0 Å². The summed E-state index contributed by atoms with van der Waals surface area (Å²) in [6.45, 7) is 6.10. The summed E-state index contributed by atoms with van der Waals surface area (Å²) in [5.74, 6) is 0. The van der Waals surface area contributed by atoms with Crippen molar-refractivity contribution in [1.82, 2.24) is 9.88 Å². The molecule has 1 atom stereocenters. The lowest BCUT2D eigenvalue weighted by Gasteiger charge is -2.32. The number of piperazine rings is 1. The van der Waals surface area contributed by atoms with Gasteiger partial charge in [-0.1, -0.05) is 6.07 Å². The van der Waals surface area contributed by atoms with Crippen LogP contribution in [0.1, 0.15) is 12.5 Å². The summed E-state index contributed by atoms with van der Waals surface area (Å²) in [5.41, 5.74) is 3.91. The Morgan fingerprint density at radius 2 is 1.92 bits per heavy atom. The lowest BCUT2D eigenvalue weighted by atomic mass is 10.1. The Balaban J connectivity index is 1.60. The van der Waals surface area contributed by atoms with E-state index >= 15 is 0 Å². The van der Waals surface area contributed by atoms with E-state index in [4.69, 9.17) is 4.98 Å². The molecule has 1 aromatic carbocycles. The molecule has 1 saturated heterocycles. The highest BCUT2D eigenvalue weighted by molar-refractivity contribution is 7.92. The zero-order valence-electron chi connectivity index (χ0n) is 15.3. The van der Waals surface area contributed by atoms with Gasteiger partial charge in [0.05, 0.1) is 17.6 Å². The van der Waals surface area contributed by atoms with E-state index in [2.05, 4.69) is 28.3 Å². The summed E-state index contributed by atoms with van der Waals surface area (Å²) in [4.78, 5) is 9.51. The predicted octanol–water partition coefficient (Wildman–Crippen LogP) is 2.27. The largest absolute Gasteiger partial charge is 0.346 e. The molecule has 0 unspecified atom stereocenters. The van der Waals surface area contributed by atoms with Crippen molar-refractivity contribution in [2.24, 2.45) is 0 Å². The van der Waals surface area contributed by atoms with Gasteiger partial charge in [-0.2, -0.15) is 0 Å². The summed E-state index contributed by atoms with van der Waals surface area (Å²) in [5, 5.41) is 3.17. The minimum absolute atomic E-state index is 0.0356. The van der Waals surface area contributed by atoms with Crippen LogP contribution < -0.4 is 9.21 Å². The van der Waals surface area contributed by atoms with E-state index in [9.17, 15) is 8.42 Å². The fourth-order valence-electron chi connectivity index (χ4n) is 3.81. The van der Waals surface area contributed by atoms with Crippen LogP contribution in [0.3, 0.4) is 0 Å². The number of likely N-dealkylation sites (N-methyl/N-ethyl adjacent to an activating group) is 1. The Morgan fingerprint density at radius 1 is 1.19 bits per heavy atom. The molecule has 8 heteroatoms. The Labute approximate surface area is 159 Å². The lowest BCUT2D eigenvalue weighted by molar-refractivity contribution is 0.313. The topological polar surface area (TPSA) is 56.8 Å². The van der Waals surface area contributed by atoms with Crippen molar-refractivity contribution in [3.8, 4) is 11.3 Å².